The van der Waals surface area contributed by atoms with Gasteiger partial charge in [-0.1, -0.05) is 12.8 Å². The van der Waals surface area contributed by atoms with Crippen LogP contribution in [-0.2, 0) is 4.74 Å². The monoisotopic (exact) mass is 466 g/mol. The molecule has 1 aliphatic carbocycles. The predicted octanol–water partition coefficient (Wildman–Crippen LogP) is 3.24. The van der Waals surface area contributed by atoms with Gasteiger partial charge in [-0.2, -0.15) is 0 Å². The number of rotatable bonds is 8. The molecule has 0 amide bonds. The molecule has 0 aromatic rings. The lowest BCUT2D eigenvalue weighted by molar-refractivity contribution is 0.0729. The van der Waals surface area contributed by atoms with E-state index in [2.05, 4.69) is 34.4 Å². The van der Waals surface area contributed by atoms with Crippen LogP contribution in [0.4, 0.5) is 0 Å². The normalized spacial score (nSPS) is 21.2. The molecule has 1 saturated heterocycles. The highest BCUT2D eigenvalue weighted by atomic mass is 127. The summed E-state index contributed by atoms with van der Waals surface area (Å²) in [5, 5.41) is 7.11. The van der Waals surface area contributed by atoms with Crippen LogP contribution < -0.4 is 10.6 Å². The fourth-order valence-electron chi connectivity index (χ4n) is 3.91. The van der Waals surface area contributed by atoms with Crippen molar-refractivity contribution in [2.24, 2.45) is 10.4 Å². The third-order valence-corrected chi connectivity index (χ3v) is 6.01. The van der Waals surface area contributed by atoms with E-state index in [-0.39, 0.29) is 29.5 Å². The highest BCUT2D eigenvalue weighted by Crippen LogP contribution is 2.43. The van der Waals surface area contributed by atoms with Crippen molar-refractivity contribution in [3.8, 4) is 0 Å². The van der Waals surface area contributed by atoms with Crippen molar-refractivity contribution in [1.82, 2.24) is 15.5 Å². The first-order valence-electron chi connectivity index (χ1n) is 9.70. The maximum Gasteiger partial charge on any atom is 0.191 e. The molecule has 2 aliphatic rings. The van der Waals surface area contributed by atoms with Gasteiger partial charge in [0, 0.05) is 39.4 Å². The second-order valence-corrected chi connectivity index (χ2v) is 8.24. The van der Waals surface area contributed by atoms with Gasteiger partial charge in [-0.3, -0.25) is 9.89 Å². The lowest BCUT2D eigenvalue weighted by atomic mass is 9.67. The number of nitrogens with zero attached hydrogens (tertiary/aromatic N) is 2. The Labute approximate surface area is 171 Å². The van der Waals surface area contributed by atoms with E-state index in [4.69, 9.17) is 4.74 Å². The van der Waals surface area contributed by atoms with Crippen LogP contribution in [0.3, 0.4) is 0 Å². The average Bonchev–Trinajstić information content (AvgIpc) is 2.57. The molecule has 0 aromatic carbocycles. The molecule has 0 bridgehead atoms. The molecule has 2 rings (SSSR count). The maximum absolute atomic E-state index is 5.29. The van der Waals surface area contributed by atoms with Crippen molar-refractivity contribution in [2.75, 3.05) is 46.9 Å². The number of nitrogens with one attached hydrogen (secondary N) is 2. The molecular weight excluding hydrogens is 427 g/mol. The Morgan fingerprint density at radius 3 is 2.32 bits per heavy atom. The maximum atomic E-state index is 5.29. The van der Waals surface area contributed by atoms with Crippen LogP contribution in [0.1, 0.15) is 58.8 Å². The van der Waals surface area contributed by atoms with E-state index in [0.717, 1.165) is 32.1 Å². The molecular formula is C19H39IN4O. The Kier molecular flexibility index (Phi) is 10.0. The predicted molar refractivity (Wildman–Crippen MR) is 117 cm³/mol. The van der Waals surface area contributed by atoms with Gasteiger partial charge in [0.25, 0.3) is 0 Å². The van der Waals surface area contributed by atoms with E-state index in [1.54, 1.807) is 7.11 Å². The summed E-state index contributed by atoms with van der Waals surface area (Å²) in [5.41, 5.74) is 0.582. The molecule has 1 saturated carbocycles. The smallest absolute Gasteiger partial charge is 0.191 e. The molecule has 0 aromatic heterocycles. The summed E-state index contributed by atoms with van der Waals surface area (Å²) in [7, 11) is 3.66. The van der Waals surface area contributed by atoms with E-state index in [1.165, 1.54) is 51.6 Å². The summed E-state index contributed by atoms with van der Waals surface area (Å²) in [6.45, 7) is 9.91. The lowest BCUT2D eigenvalue weighted by Gasteiger charge is -2.43. The summed E-state index contributed by atoms with van der Waals surface area (Å²) in [5.74, 6) is 0.934. The van der Waals surface area contributed by atoms with E-state index in [9.17, 15) is 0 Å². The van der Waals surface area contributed by atoms with Crippen LogP contribution >= 0.6 is 24.0 Å². The molecule has 2 N–H and O–H groups in total. The number of aliphatic imine (C=N–C) groups is 1. The number of ether oxygens (including phenoxy) is 1. The van der Waals surface area contributed by atoms with Gasteiger partial charge in [-0.25, -0.2) is 0 Å². The van der Waals surface area contributed by atoms with Gasteiger partial charge < -0.3 is 15.4 Å². The second kappa shape index (κ2) is 10.9. The van der Waals surface area contributed by atoms with Crippen LogP contribution in [0.5, 0.6) is 0 Å². The SMILES string of the molecule is CN=C(NCC1(CCOC)CCC1)NCC(C)(C)N1CCCCC1.I. The third-order valence-electron chi connectivity index (χ3n) is 6.01. The van der Waals surface area contributed by atoms with Crippen molar-refractivity contribution < 1.29 is 4.74 Å². The summed E-state index contributed by atoms with van der Waals surface area (Å²) < 4.78 is 5.29. The molecule has 0 spiro atoms. The Morgan fingerprint density at radius 1 is 1.12 bits per heavy atom. The molecule has 5 nitrogen and oxygen atoms in total. The van der Waals surface area contributed by atoms with E-state index in [0.29, 0.717) is 5.41 Å². The van der Waals surface area contributed by atoms with Gasteiger partial charge in [0.1, 0.15) is 0 Å². The summed E-state index contributed by atoms with van der Waals surface area (Å²) >= 11 is 0. The summed E-state index contributed by atoms with van der Waals surface area (Å²) in [4.78, 5) is 7.04. The van der Waals surface area contributed by atoms with Crippen LogP contribution in [0, 0.1) is 5.41 Å². The number of methoxy groups -OCH3 is 1. The Hall–Kier alpha value is -0.0800. The standard InChI is InChI=1S/C19H38N4O.HI/c1-18(2,23-12-6-5-7-13-23)15-21-17(20-3)22-16-19(9-8-10-19)11-14-24-4;/h5-16H2,1-4H3,(H2,20,21,22);1H. The zero-order valence-electron chi connectivity index (χ0n) is 16.7. The van der Waals surface area contributed by atoms with Crippen molar-refractivity contribution >= 4 is 29.9 Å². The average molecular weight is 466 g/mol. The van der Waals surface area contributed by atoms with Gasteiger partial charge in [0.05, 0.1) is 0 Å². The first-order chi connectivity index (χ1) is 11.5. The Bertz CT molecular complexity index is 404. The molecule has 2 fully saturated rings. The first kappa shape index (κ1) is 23.0. The zero-order valence-corrected chi connectivity index (χ0v) is 19.0. The minimum Gasteiger partial charge on any atom is -0.385 e. The molecule has 148 valence electrons. The molecule has 1 heterocycles. The molecule has 1 aliphatic heterocycles. The number of likely N-dealkylation sites (tertiary alicyclic amines) is 1. The van der Waals surface area contributed by atoms with Crippen molar-refractivity contribution in [3.05, 3.63) is 0 Å². The topological polar surface area (TPSA) is 48.9 Å². The van der Waals surface area contributed by atoms with Crippen LogP contribution in [0.2, 0.25) is 0 Å². The minimum absolute atomic E-state index is 0. The van der Waals surface area contributed by atoms with Crippen molar-refractivity contribution in [2.45, 2.75) is 64.3 Å². The molecule has 0 atom stereocenters. The van der Waals surface area contributed by atoms with E-state index >= 15 is 0 Å². The van der Waals surface area contributed by atoms with Crippen LogP contribution in [0.15, 0.2) is 4.99 Å². The van der Waals surface area contributed by atoms with Gasteiger partial charge >= 0.3 is 0 Å². The number of halogens is 1. The summed E-state index contributed by atoms with van der Waals surface area (Å²) in [6, 6.07) is 0. The van der Waals surface area contributed by atoms with Gasteiger partial charge in [-0.05, 0) is 64.5 Å². The van der Waals surface area contributed by atoms with Crippen molar-refractivity contribution in [1.29, 1.82) is 0 Å². The van der Waals surface area contributed by atoms with Gasteiger partial charge in [0.2, 0.25) is 0 Å². The molecule has 0 radical (unpaired) electrons. The molecule has 6 heteroatoms. The van der Waals surface area contributed by atoms with Crippen LogP contribution in [-0.4, -0.2) is 63.3 Å². The molecule has 0 unspecified atom stereocenters. The largest absolute Gasteiger partial charge is 0.385 e. The Morgan fingerprint density at radius 2 is 1.80 bits per heavy atom. The number of hydrogen-bond donors (Lipinski definition) is 2. The highest BCUT2D eigenvalue weighted by Gasteiger charge is 2.36. The summed E-state index contributed by atoms with van der Waals surface area (Å²) in [6.07, 6.45) is 9.15. The van der Waals surface area contributed by atoms with Gasteiger partial charge in [0.15, 0.2) is 5.96 Å². The second-order valence-electron chi connectivity index (χ2n) is 8.24. The fourth-order valence-corrected chi connectivity index (χ4v) is 3.91. The van der Waals surface area contributed by atoms with Gasteiger partial charge in [-0.15, -0.1) is 24.0 Å². The fraction of sp³-hybridized carbons (Fsp3) is 0.947. The number of hydrogen-bond acceptors (Lipinski definition) is 3. The first-order valence-corrected chi connectivity index (χ1v) is 9.70. The lowest BCUT2D eigenvalue weighted by Crippen LogP contribution is -2.55. The van der Waals surface area contributed by atoms with E-state index < -0.39 is 0 Å². The van der Waals surface area contributed by atoms with E-state index in [1.807, 2.05) is 7.05 Å². The zero-order chi connectivity index (χ0) is 17.5. The highest BCUT2D eigenvalue weighted by molar-refractivity contribution is 14.0. The number of guanidine groups is 1. The third kappa shape index (κ3) is 6.86. The van der Waals surface area contributed by atoms with Crippen LogP contribution in [0.25, 0.3) is 0 Å². The quantitative estimate of drug-likeness (QED) is 0.328. The molecule has 25 heavy (non-hydrogen) atoms. The number of piperidine rings is 1. The minimum atomic E-state index is 0. The Balaban J connectivity index is 0.00000312. The van der Waals surface area contributed by atoms with Crippen molar-refractivity contribution in [3.63, 3.8) is 0 Å².